The maximum atomic E-state index is 14.7. The predicted octanol–water partition coefficient (Wildman–Crippen LogP) is 22.3. The first-order valence-corrected chi connectivity index (χ1v) is 45.9. The summed E-state index contributed by atoms with van der Waals surface area (Å²) in [4.78, 5) is 87.1. The molecular weight excluding hydrogens is 1630 g/mol. The first-order chi connectivity index (χ1) is 62.0. The summed E-state index contributed by atoms with van der Waals surface area (Å²) in [5.41, 5.74) is 9.63. The number of halogens is 5. The van der Waals surface area contributed by atoms with Crippen LogP contribution in [0.5, 0.6) is 0 Å². The van der Waals surface area contributed by atoms with Crippen LogP contribution in [-0.4, -0.2) is 127 Å². The average molecular weight is 1740 g/mol. The number of nitro groups is 2. The van der Waals surface area contributed by atoms with Crippen molar-refractivity contribution in [3.63, 3.8) is 0 Å². The Morgan fingerprint density at radius 1 is 0.453 bits per heavy atom. The highest BCUT2D eigenvalue weighted by atomic mass is 19.1. The first kappa shape index (κ1) is 85.5. The normalized spacial score (nSPS) is 25.5. The van der Waals surface area contributed by atoms with E-state index in [1.165, 1.54) is 140 Å². The Morgan fingerprint density at radius 3 is 1.28 bits per heavy atom. The molecule has 1 amide bonds. The van der Waals surface area contributed by atoms with E-state index >= 15 is 0 Å². The van der Waals surface area contributed by atoms with E-state index in [9.17, 15) is 47.0 Å². The number of amides is 1. The van der Waals surface area contributed by atoms with Crippen molar-refractivity contribution in [1.29, 1.82) is 0 Å². The summed E-state index contributed by atoms with van der Waals surface area (Å²) < 4.78 is 78.0. The summed E-state index contributed by atoms with van der Waals surface area (Å²) >= 11 is 0. The number of hydrogen-bond donors (Lipinski definition) is 5. The topological polar surface area (TPSA) is 297 Å². The van der Waals surface area contributed by atoms with E-state index in [0.29, 0.717) is 206 Å². The predicted molar refractivity (Wildman–Crippen MR) is 484 cm³/mol. The molecular formula is C100H108F5N17O6. The number of hydrogen-bond acceptors (Lipinski definition) is 16. The maximum Gasteiger partial charge on any atom is 0.293 e. The van der Waals surface area contributed by atoms with Crippen LogP contribution in [0, 0.1) is 138 Å². The fraction of sp³-hybridized carbons (Fsp3) is 0.450. The summed E-state index contributed by atoms with van der Waals surface area (Å²) in [6.07, 6.45) is 33.2. The van der Waals surface area contributed by atoms with Gasteiger partial charge in [0, 0.05) is 137 Å². The molecule has 5 N–H and O–H groups in total. The molecule has 23 nitrogen and oxygen atoms in total. The number of ether oxygens (including phenoxy) is 1. The molecule has 1 saturated heterocycles. The molecule has 26 rings (SSSR count). The molecule has 2 unspecified atom stereocenters. The van der Waals surface area contributed by atoms with Gasteiger partial charge in [0.2, 0.25) is 0 Å². The molecule has 8 aromatic heterocycles. The number of para-hydroxylation sites is 3. The number of nitrogens with zero attached hydrogens (tertiary/aromatic N) is 12. The monoisotopic (exact) mass is 1740 g/mol. The highest BCUT2D eigenvalue weighted by molar-refractivity contribution is 6.02. The third-order valence-corrected chi connectivity index (χ3v) is 31.3. The van der Waals surface area contributed by atoms with Crippen LogP contribution in [0.25, 0.3) is 100 Å². The van der Waals surface area contributed by atoms with Crippen LogP contribution in [0.15, 0.2) is 140 Å². The van der Waals surface area contributed by atoms with E-state index < -0.39 is 21.5 Å². The van der Waals surface area contributed by atoms with E-state index in [-0.39, 0.29) is 40.3 Å². The number of fused-ring (bicyclic) bond motifs is 16. The Morgan fingerprint density at radius 2 is 0.852 bits per heavy atom. The first-order valence-electron chi connectivity index (χ1n) is 45.9. The Bertz CT molecular complexity index is 6110. The summed E-state index contributed by atoms with van der Waals surface area (Å²) in [6, 6.07) is 27.8. The molecule has 28 heteroatoms. The number of nitrogens with one attached hydrogen (secondary N) is 5. The van der Waals surface area contributed by atoms with Gasteiger partial charge >= 0.3 is 0 Å². The number of non-ortho nitro benzene ring substituents is 2. The number of carbonyl (C=O) groups is 1. The van der Waals surface area contributed by atoms with Crippen LogP contribution in [0.2, 0.25) is 0 Å². The molecule has 9 heterocycles. The number of aromatic nitrogens is 12. The lowest BCUT2D eigenvalue weighted by molar-refractivity contribution is -0.383. The molecule has 1 aliphatic heterocycles. The van der Waals surface area contributed by atoms with Gasteiger partial charge in [-0.25, -0.2) is 61.8 Å². The molecule has 664 valence electrons. The number of rotatable bonds is 17. The van der Waals surface area contributed by atoms with E-state index in [4.69, 9.17) is 19.7 Å². The quantitative estimate of drug-likeness (QED) is 0.0321. The highest BCUT2D eigenvalue weighted by Crippen LogP contribution is 2.54. The number of morpholine rings is 1. The van der Waals surface area contributed by atoms with Gasteiger partial charge in [-0.2, -0.15) is 0 Å². The zero-order valence-corrected chi connectivity index (χ0v) is 73.0. The largest absolute Gasteiger partial charge is 0.378 e. The minimum Gasteiger partial charge on any atom is -0.378 e. The average Bonchev–Trinajstić information content (AvgIpc) is 1.75. The maximum absolute atomic E-state index is 14.7. The summed E-state index contributed by atoms with van der Waals surface area (Å²) in [5.74, 6) is 9.67. The van der Waals surface area contributed by atoms with Crippen molar-refractivity contribution in [2.24, 2.45) is 88.8 Å². The second-order valence-electron chi connectivity index (χ2n) is 37.9. The fourth-order valence-electron chi connectivity index (χ4n) is 24.1. The van der Waals surface area contributed by atoms with Gasteiger partial charge in [-0.1, -0.05) is 76.2 Å². The molecule has 0 spiro atoms. The van der Waals surface area contributed by atoms with Gasteiger partial charge in [0.05, 0.1) is 81.1 Å². The van der Waals surface area contributed by atoms with Crippen LogP contribution in [-0.2, 0) is 24.0 Å². The van der Waals surface area contributed by atoms with Gasteiger partial charge in [-0.15, -0.1) is 0 Å². The van der Waals surface area contributed by atoms with Crippen LogP contribution in [0.3, 0.4) is 0 Å². The van der Waals surface area contributed by atoms with E-state index in [1.807, 2.05) is 56.7 Å². The van der Waals surface area contributed by atoms with Crippen molar-refractivity contribution in [2.75, 3.05) is 50.6 Å². The number of carbonyl (C=O) groups excluding carboxylic acids is 1. The third-order valence-electron chi connectivity index (χ3n) is 31.3. The summed E-state index contributed by atoms with van der Waals surface area (Å²) in [7, 11) is 4.06. The van der Waals surface area contributed by atoms with Crippen molar-refractivity contribution in [1.82, 2.24) is 64.7 Å². The fourth-order valence-corrected chi connectivity index (χ4v) is 24.1. The van der Waals surface area contributed by atoms with Crippen molar-refractivity contribution < 1.29 is 41.3 Å². The second-order valence-corrected chi connectivity index (χ2v) is 37.9. The van der Waals surface area contributed by atoms with Gasteiger partial charge in [-0.05, 0) is 235 Å². The number of benzene rings is 5. The summed E-state index contributed by atoms with van der Waals surface area (Å²) in [5, 5.41) is 29.1. The van der Waals surface area contributed by atoms with E-state index in [2.05, 4.69) is 94.9 Å². The molecule has 0 radical (unpaired) electrons. The van der Waals surface area contributed by atoms with Crippen molar-refractivity contribution in [3.8, 4) is 56.8 Å². The SMILES string of the molecule is CC1C2CCC(CC2)C1Nc1cc(-c2ccc(C(=O)N3CCOCC3)cc2)nc(-c2c[nH]c3c(F)cc(F)cc23)n1.C[C@@H]1C2CCC(CC2)[C@H]1Cc1nc(-c2c[nH]c3c(N(C)C)cccc23)ncc1F.C[C@@H]1C2CCC(CC2)[C@H]1Cc1nc(-c2c[nH]c3c([N+](=O)[O-])cccc23)ncc1F.C[C@H]1C2CCC(CC2)[C@@H]1Cc1nc(-c2c[nH]c3c([N+](=O)[O-])cccc23)ncc1F. The third kappa shape index (κ3) is 16.7. The Balaban J connectivity index is 0.000000112. The standard InChI is InChI=1S/C32H33F2N5O2.C24H29FN4.2C22H23FN4O2/c1-18-19-2-6-21(7-3-19)29(18)37-28-16-27(20-4-8-22(9-5-20)32(40)39-10-12-41-13-11-39)36-31(38-28)25-17-35-30-24(25)14-23(33)15-26(30)34;1-14-15-7-9-16(10-8-15)18(14)11-21-20(25)13-27-24(28-21)19-12-26-23-17(19)5-4-6-22(23)29(2)3;2*1-12-13-5-7-14(8-6-13)16(12)9-19-18(23)11-25-22(26-19)17-10-24-21-15(17)3-2-4-20(21)27(28)29/h4-5,8-9,14-19,21,29,35H,2-3,6-7,10-13H2,1H3,(H,36,37,38);4-6,12-16,18,26H,7-11H2,1-3H3;2*2-4,10-14,16,24H,5-9H2,1H3/t;14-,15?,16?,18+;2*12-,13?,14?,16+/m.110/s1. The van der Waals surface area contributed by atoms with Gasteiger partial charge < -0.3 is 39.8 Å². The lowest BCUT2D eigenvalue weighted by atomic mass is 9.58. The van der Waals surface area contributed by atoms with Gasteiger partial charge in [0.1, 0.15) is 28.5 Å². The van der Waals surface area contributed by atoms with Crippen molar-refractivity contribution >= 4 is 72.4 Å². The van der Waals surface area contributed by atoms with Crippen LogP contribution in [0.4, 0.5) is 44.8 Å². The molecule has 13 aromatic rings. The second kappa shape index (κ2) is 35.9. The highest BCUT2D eigenvalue weighted by Gasteiger charge is 2.46. The smallest absolute Gasteiger partial charge is 0.293 e. The van der Waals surface area contributed by atoms with Gasteiger partial charge in [0.15, 0.2) is 40.7 Å². The molecule has 8 atom stereocenters. The molecule has 13 aliphatic rings. The number of aromatic amines is 4. The number of nitro benzene ring substituents is 2. The minimum absolute atomic E-state index is 0.00291. The van der Waals surface area contributed by atoms with Crippen molar-refractivity contribution in [2.45, 2.75) is 156 Å². The van der Waals surface area contributed by atoms with Crippen LogP contribution in [0.1, 0.15) is 158 Å². The summed E-state index contributed by atoms with van der Waals surface area (Å²) in [6.45, 7) is 11.6. The number of H-pyrrole nitrogens is 4. The van der Waals surface area contributed by atoms with Gasteiger partial charge in [0.25, 0.3) is 17.3 Å². The molecule has 13 fully saturated rings. The van der Waals surface area contributed by atoms with Crippen molar-refractivity contribution in [3.05, 3.63) is 212 Å². The van der Waals surface area contributed by atoms with E-state index in [1.54, 1.807) is 47.8 Å². The molecule has 12 saturated carbocycles. The minimum atomic E-state index is -0.659. The molecule has 12 aliphatic carbocycles. The Labute approximate surface area is 738 Å². The van der Waals surface area contributed by atoms with E-state index in [0.717, 1.165) is 69.8 Å². The Kier molecular flexibility index (Phi) is 24.0. The zero-order chi connectivity index (χ0) is 88.4. The molecule has 8 bridgehead atoms. The Hall–Kier alpha value is -11.9. The lowest BCUT2D eigenvalue weighted by Crippen LogP contribution is -2.47. The molecule has 5 aromatic carbocycles. The number of anilines is 2. The zero-order valence-electron chi connectivity index (χ0n) is 73.0. The molecule has 128 heavy (non-hydrogen) atoms. The lowest BCUT2D eigenvalue weighted by Gasteiger charge is -2.47. The van der Waals surface area contributed by atoms with Gasteiger partial charge in [-0.3, -0.25) is 25.0 Å². The van der Waals surface area contributed by atoms with Crippen LogP contribution < -0.4 is 10.2 Å². The van der Waals surface area contributed by atoms with Crippen LogP contribution >= 0.6 is 0 Å².